The Labute approximate surface area is 132 Å². The van der Waals surface area contributed by atoms with Crippen molar-refractivity contribution in [2.75, 3.05) is 13.7 Å². The first kappa shape index (κ1) is 16.4. The van der Waals surface area contributed by atoms with E-state index in [1.165, 1.54) is 4.90 Å². The molecule has 1 aliphatic carbocycles. The van der Waals surface area contributed by atoms with Crippen LogP contribution in [0.4, 0.5) is 13.2 Å². The summed E-state index contributed by atoms with van der Waals surface area (Å²) in [7, 11) is 1.63. The number of carbonyl (C=O) groups excluding carboxylic acids is 1. The second-order valence-corrected chi connectivity index (χ2v) is 5.32. The van der Waals surface area contributed by atoms with Gasteiger partial charge in [0.2, 0.25) is 0 Å². The largest absolute Gasteiger partial charge is 0.522 e. The van der Waals surface area contributed by atoms with Crippen molar-refractivity contribution in [3.8, 4) is 0 Å². The third kappa shape index (κ3) is 3.22. The van der Waals surface area contributed by atoms with Crippen LogP contribution in [0.3, 0.4) is 0 Å². The number of amides is 1. The molecule has 0 bridgehead atoms. The standard InChI is InChI=1S/C12H13F3N6O3/c1-19(7-2-3-7)10(22)8-9-17-18-21(4-5-24-12(13,14)15)11(23)20(9)6-16-8/h6-7H,2-5H2,1H3. The summed E-state index contributed by atoms with van der Waals surface area (Å²) in [5.74, 6) is -0.383. The average molecular weight is 346 g/mol. The summed E-state index contributed by atoms with van der Waals surface area (Å²) in [6.07, 6.45) is -1.87. The fraction of sp³-hybridized carbons (Fsp3) is 0.583. The first-order valence-corrected chi connectivity index (χ1v) is 7.06. The zero-order valence-corrected chi connectivity index (χ0v) is 12.5. The van der Waals surface area contributed by atoms with Crippen LogP contribution in [-0.2, 0) is 11.3 Å². The summed E-state index contributed by atoms with van der Waals surface area (Å²) in [5, 5.41) is 7.27. The molecule has 0 unspecified atom stereocenters. The van der Waals surface area contributed by atoms with E-state index in [-0.39, 0.29) is 23.3 Å². The topological polar surface area (TPSA) is 94.6 Å². The van der Waals surface area contributed by atoms with Gasteiger partial charge in [-0.1, -0.05) is 5.21 Å². The molecule has 0 aliphatic heterocycles. The van der Waals surface area contributed by atoms with Crippen LogP contribution in [0.15, 0.2) is 11.1 Å². The zero-order chi connectivity index (χ0) is 17.5. The Bertz CT molecular complexity index is 826. The highest BCUT2D eigenvalue weighted by Crippen LogP contribution is 2.26. The zero-order valence-electron chi connectivity index (χ0n) is 12.5. The molecule has 24 heavy (non-hydrogen) atoms. The van der Waals surface area contributed by atoms with Crippen molar-refractivity contribution in [2.45, 2.75) is 31.8 Å². The van der Waals surface area contributed by atoms with Gasteiger partial charge < -0.3 is 4.90 Å². The molecule has 0 aromatic carbocycles. The van der Waals surface area contributed by atoms with E-state index in [9.17, 15) is 22.8 Å². The van der Waals surface area contributed by atoms with Crippen LogP contribution in [0.5, 0.6) is 0 Å². The van der Waals surface area contributed by atoms with Crippen molar-refractivity contribution in [1.29, 1.82) is 0 Å². The summed E-state index contributed by atoms with van der Waals surface area (Å²) >= 11 is 0. The van der Waals surface area contributed by atoms with Gasteiger partial charge in [-0.15, -0.1) is 18.3 Å². The van der Waals surface area contributed by atoms with Crippen molar-refractivity contribution < 1.29 is 22.7 Å². The van der Waals surface area contributed by atoms with E-state index in [4.69, 9.17) is 0 Å². The molecule has 0 atom stereocenters. The first-order chi connectivity index (χ1) is 11.3. The minimum atomic E-state index is -4.79. The SMILES string of the molecule is CN(C(=O)c1ncn2c(=O)n(CCOC(F)(F)F)nnc12)C1CC1. The number of nitrogens with zero attached hydrogens (tertiary/aromatic N) is 6. The normalized spacial score (nSPS) is 15.0. The van der Waals surface area contributed by atoms with E-state index in [0.29, 0.717) is 4.68 Å². The van der Waals surface area contributed by atoms with Crippen molar-refractivity contribution in [3.05, 3.63) is 22.5 Å². The van der Waals surface area contributed by atoms with E-state index in [2.05, 4.69) is 20.0 Å². The maximum Gasteiger partial charge on any atom is 0.522 e. The van der Waals surface area contributed by atoms with Gasteiger partial charge in [0.15, 0.2) is 11.3 Å². The van der Waals surface area contributed by atoms with Crippen LogP contribution in [0, 0.1) is 0 Å². The fourth-order valence-electron chi connectivity index (χ4n) is 2.17. The predicted molar refractivity (Wildman–Crippen MR) is 72.2 cm³/mol. The van der Waals surface area contributed by atoms with Gasteiger partial charge in [0, 0.05) is 13.1 Å². The van der Waals surface area contributed by atoms with E-state index in [1.54, 1.807) is 7.05 Å². The summed E-state index contributed by atoms with van der Waals surface area (Å²) in [4.78, 5) is 29.9. The number of halogens is 3. The van der Waals surface area contributed by atoms with Gasteiger partial charge in [0.1, 0.15) is 6.33 Å². The molecule has 2 aromatic rings. The Balaban J connectivity index is 1.83. The highest BCUT2D eigenvalue weighted by atomic mass is 19.4. The van der Waals surface area contributed by atoms with Gasteiger partial charge in [-0.25, -0.2) is 14.2 Å². The third-order valence-corrected chi connectivity index (χ3v) is 3.60. The van der Waals surface area contributed by atoms with Crippen LogP contribution in [0.2, 0.25) is 0 Å². The van der Waals surface area contributed by atoms with Crippen LogP contribution in [0.25, 0.3) is 5.65 Å². The average Bonchev–Trinajstić information content (AvgIpc) is 3.26. The van der Waals surface area contributed by atoms with Crippen LogP contribution >= 0.6 is 0 Å². The summed E-state index contributed by atoms with van der Waals surface area (Å²) in [6, 6.07) is 0.155. The Kier molecular flexibility index (Phi) is 3.99. The van der Waals surface area contributed by atoms with Crippen LogP contribution in [-0.4, -0.2) is 61.2 Å². The number of imidazole rings is 1. The molecule has 1 amide bonds. The first-order valence-electron chi connectivity index (χ1n) is 7.06. The van der Waals surface area contributed by atoms with Crippen molar-refractivity contribution in [2.24, 2.45) is 0 Å². The second kappa shape index (κ2) is 5.85. The fourth-order valence-corrected chi connectivity index (χ4v) is 2.17. The van der Waals surface area contributed by atoms with Crippen molar-refractivity contribution in [3.63, 3.8) is 0 Å². The Morgan fingerprint density at radius 2 is 2.17 bits per heavy atom. The molecule has 1 fully saturated rings. The van der Waals surface area contributed by atoms with Crippen LogP contribution in [0.1, 0.15) is 23.3 Å². The van der Waals surface area contributed by atoms with Crippen molar-refractivity contribution >= 4 is 11.6 Å². The molecule has 0 radical (unpaired) electrons. The van der Waals surface area contributed by atoms with Gasteiger partial charge in [0.05, 0.1) is 13.2 Å². The maximum atomic E-state index is 12.3. The van der Waals surface area contributed by atoms with Gasteiger partial charge in [-0.05, 0) is 12.8 Å². The number of hydrogen-bond acceptors (Lipinski definition) is 6. The molecule has 2 aromatic heterocycles. The molecule has 9 nitrogen and oxygen atoms in total. The monoisotopic (exact) mass is 346 g/mol. The van der Waals surface area contributed by atoms with E-state index < -0.39 is 25.2 Å². The minimum Gasteiger partial charge on any atom is -0.337 e. The van der Waals surface area contributed by atoms with Gasteiger partial charge in [-0.3, -0.25) is 9.53 Å². The second-order valence-electron chi connectivity index (χ2n) is 5.32. The van der Waals surface area contributed by atoms with Crippen molar-refractivity contribution in [1.82, 2.24) is 29.3 Å². The van der Waals surface area contributed by atoms with E-state index in [0.717, 1.165) is 23.6 Å². The number of carbonyl (C=O) groups is 1. The summed E-state index contributed by atoms with van der Waals surface area (Å²) in [6.45, 7) is -1.22. The number of rotatable bonds is 5. The van der Waals surface area contributed by atoms with Crippen LogP contribution < -0.4 is 5.69 Å². The number of ether oxygens (including phenoxy) is 1. The smallest absolute Gasteiger partial charge is 0.337 e. The molecule has 130 valence electrons. The maximum absolute atomic E-state index is 12.3. The number of fused-ring (bicyclic) bond motifs is 1. The molecule has 0 N–H and O–H groups in total. The molecular formula is C12H13F3N6O3. The molecule has 3 rings (SSSR count). The quantitative estimate of drug-likeness (QED) is 0.760. The molecule has 12 heteroatoms. The Morgan fingerprint density at radius 3 is 2.79 bits per heavy atom. The highest BCUT2D eigenvalue weighted by Gasteiger charge is 2.32. The van der Waals surface area contributed by atoms with Gasteiger partial charge >= 0.3 is 12.1 Å². The minimum absolute atomic E-state index is 0.0207. The third-order valence-electron chi connectivity index (χ3n) is 3.60. The molecular weight excluding hydrogens is 333 g/mol. The lowest BCUT2D eigenvalue weighted by molar-refractivity contribution is -0.325. The summed E-state index contributed by atoms with van der Waals surface area (Å²) < 4.78 is 41.1. The Hall–Kier alpha value is -2.50. The van der Waals surface area contributed by atoms with Gasteiger partial charge in [-0.2, -0.15) is 4.68 Å². The molecule has 2 heterocycles. The summed E-state index contributed by atoms with van der Waals surface area (Å²) in [5.41, 5.74) is -0.815. The Morgan fingerprint density at radius 1 is 1.46 bits per heavy atom. The highest BCUT2D eigenvalue weighted by molar-refractivity contribution is 5.98. The number of hydrogen-bond donors (Lipinski definition) is 0. The van der Waals surface area contributed by atoms with E-state index in [1.807, 2.05) is 0 Å². The molecule has 0 spiro atoms. The predicted octanol–water partition coefficient (Wildman–Crippen LogP) is 0.0568. The van der Waals surface area contributed by atoms with E-state index >= 15 is 0 Å². The number of aromatic nitrogens is 5. The lowest BCUT2D eigenvalue weighted by Crippen LogP contribution is -2.33. The molecule has 0 saturated heterocycles. The molecule has 1 aliphatic rings. The lowest BCUT2D eigenvalue weighted by atomic mass is 10.4. The van der Waals surface area contributed by atoms with Gasteiger partial charge in [0.25, 0.3) is 5.91 Å². The lowest BCUT2D eigenvalue weighted by Gasteiger charge is -2.14. The number of alkyl halides is 3. The molecule has 1 saturated carbocycles.